The molecular weight excluding hydrogens is 276 g/mol. The maximum Gasteiger partial charge on any atom is 0.304 e. The summed E-state index contributed by atoms with van der Waals surface area (Å²) in [6.07, 6.45) is -0.697. The van der Waals surface area contributed by atoms with Crippen LogP contribution in [0.1, 0.15) is 23.5 Å². The lowest BCUT2D eigenvalue weighted by Gasteiger charge is -2.16. The smallest absolute Gasteiger partial charge is 0.304 e. The number of aliphatic hydroxyl groups is 1. The van der Waals surface area contributed by atoms with Gasteiger partial charge in [-0.25, -0.2) is 0 Å². The van der Waals surface area contributed by atoms with Crippen LogP contribution in [0.2, 0.25) is 0 Å². The molecule has 0 aliphatic rings. The topological polar surface area (TPSA) is 66.6 Å². The molecule has 0 saturated carbocycles. The minimum atomic E-state index is -0.697. The van der Waals surface area contributed by atoms with E-state index < -0.39 is 11.0 Å². The van der Waals surface area contributed by atoms with Crippen molar-refractivity contribution < 1.29 is 10.0 Å². The van der Waals surface area contributed by atoms with Gasteiger partial charge in [0.05, 0.1) is 11.0 Å². The van der Waals surface area contributed by atoms with Gasteiger partial charge in [0.2, 0.25) is 0 Å². The Balaban J connectivity index is 2.28. The summed E-state index contributed by atoms with van der Waals surface area (Å²) < 4.78 is 0. The molecule has 0 radical (unpaired) electrons. The largest absolute Gasteiger partial charge is 0.388 e. The summed E-state index contributed by atoms with van der Waals surface area (Å²) in [4.78, 5) is 13.2. The molecule has 2 aromatic rings. The summed E-state index contributed by atoms with van der Waals surface area (Å²) in [6.45, 7) is 2.19. The highest BCUT2D eigenvalue weighted by atomic mass is 32.1. The average molecular weight is 292 g/mol. The number of aliphatic hydroxyl groups excluding tert-OH is 1. The Morgan fingerprint density at radius 2 is 2.05 bits per heavy atom. The highest BCUT2D eigenvalue weighted by molar-refractivity contribution is 7.16. The number of benzene rings is 1. The van der Waals surface area contributed by atoms with Gasteiger partial charge in [-0.3, -0.25) is 10.1 Å². The minimum Gasteiger partial charge on any atom is -0.388 e. The van der Waals surface area contributed by atoms with Crippen molar-refractivity contribution in [3.63, 3.8) is 0 Å². The lowest BCUT2D eigenvalue weighted by molar-refractivity contribution is -0.383. The molecule has 0 saturated heterocycles. The van der Waals surface area contributed by atoms with Crippen LogP contribution in [0.5, 0.6) is 0 Å². The van der Waals surface area contributed by atoms with Gasteiger partial charge in [0.1, 0.15) is 0 Å². The number of thiophene rings is 1. The summed E-state index contributed by atoms with van der Waals surface area (Å²) in [5.41, 5.74) is 1.13. The van der Waals surface area contributed by atoms with Gasteiger partial charge in [-0.1, -0.05) is 30.3 Å². The predicted octanol–water partition coefficient (Wildman–Crippen LogP) is 3.35. The third-order valence-electron chi connectivity index (χ3n) is 2.93. The number of anilines is 1. The maximum absolute atomic E-state index is 11.1. The van der Waals surface area contributed by atoms with Gasteiger partial charge < -0.3 is 10.0 Å². The van der Waals surface area contributed by atoms with E-state index in [1.807, 2.05) is 42.3 Å². The second kappa shape index (κ2) is 6.02. The normalized spacial score (nSPS) is 12.2. The second-order valence-corrected chi connectivity index (χ2v) is 5.68. The zero-order valence-electron chi connectivity index (χ0n) is 11.3. The third kappa shape index (κ3) is 3.15. The summed E-state index contributed by atoms with van der Waals surface area (Å²) in [7, 11) is 1.82. The van der Waals surface area contributed by atoms with Crippen LogP contribution in [0, 0.1) is 10.1 Å². The summed E-state index contributed by atoms with van der Waals surface area (Å²) in [5.74, 6) is 0. The van der Waals surface area contributed by atoms with E-state index in [2.05, 4.69) is 0 Å². The van der Waals surface area contributed by atoms with E-state index in [-0.39, 0.29) is 5.69 Å². The van der Waals surface area contributed by atoms with Crippen molar-refractivity contribution in [1.29, 1.82) is 0 Å². The molecule has 6 heteroatoms. The Kier molecular flexibility index (Phi) is 4.36. The summed E-state index contributed by atoms with van der Waals surface area (Å²) >= 11 is 1.26. The molecule has 106 valence electrons. The third-order valence-corrected chi connectivity index (χ3v) is 4.34. The molecule has 0 bridgehead atoms. The van der Waals surface area contributed by atoms with Gasteiger partial charge in [0.25, 0.3) is 0 Å². The van der Waals surface area contributed by atoms with Crippen LogP contribution >= 0.6 is 11.3 Å². The van der Waals surface area contributed by atoms with E-state index in [1.54, 1.807) is 6.92 Å². The first kappa shape index (κ1) is 14.5. The van der Waals surface area contributed by atoms with Gasteiger partial charge in [-0.15, -0.1) is 11.3 Å². The van der Waals surface area contributed by atoms with Crippen molar-refractivity contribution in [3.8, 4) is 0 Å². The molecule has 5 nitrogen and oxygen atoms in total. The monoisotopic (exact) mass is 292 g/mol. The Bertz CT molecular complexity index is 596. The Hall–Kier alpha value is -1.92. The molecule has 1 aromatic carbocycles. The molecule has 1 heterocycles. The van der Waals surface area contributed by atoms with E-state index in [1.165, 1.54) is 17.4 Å². The van der Waals surface area contributed by atoms with E-state index in [0.29, 0.717) is 16.4 Å². The molecule has 1 atom stereocenters. The van der Waals surface area contributed by atoms with Crippen LogP contribution in [0.15, 0.2) is 36.4 Å². The van der Waals surface area contributed by atoms with Crippen molar-refractivity contribution in [1.82, 2.24) is 0 Å². The lowest BCUT2D eigenvalue weighted by atomic mass is 10.2. The zero-order chi connectivity index (χ0) is 14.7. The molecule has 1 N–H and O–H groups in total. The van der Waals surface area contributed by atoms with E-state index >= 15 is 0 Å². The zero-order valence-corrected chi connectivity index (χ0v) is 12.1. The van der Waals surface area contributed by atoms with Crippen molar-refractivity contribution in [2.75, 3.05) is 11.9 Å². The molecule has 1 unspecified atom stereocenters. The fourth-order valence-electron chi connectivity index (χ4n) is 1.93. The molecular formula is C14H16N2O3S. The van der Waals surface area contributed by atoms with Gasteiger partial charge in [0.15, 0.2) is 5.00 Å². The van der Waals surface area contributed by atoms with Crippen LogP contribution in [-0.2, 0) is 6.54 Å². The second-order valence-electron chi connectivity index (χ2n) is 4.61. The SMILES string of the molecule is CC(O)c1cc([N+](=O)[O-])c(N(C)Cc2ccccc2)s1. The Morgan fingerprint density at radius 3 is 2.60 bits per heavy atom. The van der Waals surface area contributed by atoms with Crippen LogP contribution in [0.3, 0.4) is 0 Å². The van der Waals surface area contributed by atoms with Crippen molar-refractivity contribution in [2.24, 2.45) is 0 Å². The molecule has 0 fully saturated rings. The van der Waals surface area contributed by atoms with E-state index in [4.69, 9.17) is 0 Å². The number of nitrogens with zero attached hydrogens (tertiary/aromatic N) is 2. The van der Waals surface area contributed by atoms with Crippen LogP contribution in [0.4, 0.5) is 10.7 Å². The van der Waals surface area contributed by atoms with Gasteiger partial charge in [0, 0.05) is 24.5 Å². The first-order valence-electron chi connectivity index (χ1n) is 6.20. The molecule has 0 aliphatic heterocycles. The van der Waals surface area contributed by atoms with Crippen molar-refractivity contribution in [2.45, 2.75) is 19.6 Å². The van der Waals surface area contributed by atoms with Gasteiger partial charge in [-0.2, -0.15) is 0 Å². The number of rotatable bonds is 5. The molecule has 2 rings (SSSR count). The van der Waals surface area contributed by atoms with E-state index in [9.17, 15) is 15.2 Å². The Morgan fingerprint density at radius 1 is 1.40 bits per heavy atom. The number of hydrogen-bond donors (Lipinski definition) is 1. The van der Waals surface area contributed by atoms with Crippen LogP contribution in [0.25, 0.3) is 0 Å². The average Bonchev–Trinajstić information content (AvgIpc) is 2.85. The maximum atomic E-state index is 11.1. The first-order valence-corrected chi connectivity index (χ1v) is 7.02. The highest BCUT2D eigenvalue weighted by Crippen LogP contribution is 2.40. The first-order chi connectivity index (χ1) is 9.49. The van der Waals surface area contributed by atoms with E-state index in [0.717, 1.165) is 5.56 Å². The van der Waals surface area contributed by atoms with Gasteiger partial charge >= 0.3 is 5.69 Å². The number of nitro groups is 1. The minimum absolute atomic E-state index is 0.0457. The standard InChI is InChI=1S/C14H16N2O3S/c1-10(17)13-8-12(16(18)19)14(20-13)15(2)9-11-6-4-3-5-7-11/h3-8,10,17H,9H2,1-2H3. The summed E-state index contributed by atoms with van der Waals surface area (Å²) in [5, 5.41) is 21.3. The van der Waals surface area contributed by atoms with Crippen LogP contribution in [-0.4, -0.2) is 17.1 Å². The quantitative estimate of drug-likeness (QED) is 0.678. The summed E-state index contributed by atoms with van der Waals surface area (Å²) in [6, 6.07) is 11.2. The van der Waals surface area contributed by atoms with Crippen molar-refractivity contribution >= 4 is 22.0 Å². The van der Waals surface area contributed by atoms with Gasteiger partial charge in [-0.05, 0) is 12.5 Å². The fourth-order valence-corrected chi connectivity index (χ4v) is 2.95. The Labute approximate surface area is 121 Å². The van der Waals surface area contributed by atoms with Crippen molar-refractivity contribution in [3.05, 3.63) is 57.0 Å². The molecule has 0 aliphatic carbocycles. The molecule has 0 amide bonds. The highest BCUT2D eigenvalue weighted by Gasteiger charge is 2.23. The number of hydrogen-bond acceptors (Lipinski definition) is 5. The van der Waals surface area contributed by atoms with Crippen LogP contribution < -0.4 is 4.90 Å². The fraction of sp³-hybridized carbons (Fsp3) is 0.286. The molecule has 1 aromatic heterocycles. The predicted molar refractivity (Wildman–Crippen MR) is 80.2 cm³/mol. The molecule has 0 spiro atoms. The molecule has 20 heavy (non-hydrogen) atoms. The lowest BCUT2D eigenvalue weighted by Crippen LogP contribution is -2.16.